The Morgan fingerprint density at radius 1 is 0.964 bits per heavy atom. The van der Waals surface area contributed by atoms with Gasteiger partial charge in [-0.15, -0.1) is 0 Å². The molecule has 4 rings (SSSR count). The van der Waals surface area contributed by atoms with Gasteiger partial charge in [0, 0.05) is 17.8 Å². The summed E-state index contributed by atoms with van der Waals surface area (Å²) in [5.74, 6) is 0.779. The summed E-state index contributed by atoms with van der Waals surface area (Å²) in [7, 11) is 1.52. The van der Waals surface area contributed by atoms with Crippen LogP contribution in [0.25, 0.3) is 5.57 Å². The summed E-state index contributed by atoms with van der Waals surface area (Å²) in [6.07, 6.45) is 5.59. The van der Waals surface area contributed by atoms with Crippen molar-refractivity contribution < 1.29 is 9.48 Å². The third-order valence-corrected chi connectivity index (χ3v) is 4.84. The Hall–Kier alpha value is -3.40. The molecule has 1 aromatic heterocycles. The van der Waals surface area contributed by atoms with E-state index in [0.717, 1.165) is 45.7 Å². The minimum absolute atomic E-state index is 0.630. The molecule has 0 bridgehead atoms. The van der Waals surface area contributed by atoms with Crippen LogP contribution in [-0.2, 0) is 6.42 Å². The maximum absolute atomic E-state index is 12.1. The zero-order chi connectivity index (χ0) is 19.3. The predicted molar refractivity (Wildman–Crippen MR) is 112 cm³/mol. The lowest BCUT2D eigenvalue weighted by atomic mass is 10.0. The van der Waals surface area contributed by atoms with E-state index in [2.05, 4.69) is 29.2 Å². The second kappa shape index (κ2) is 8.09. The van der Waals surface area contributed by atoms with Gasteiger partial charge in [0.15, 0.2) is 0 Å². The van der Waals surface area contributed by atoms with Crippen LogP contribution in [0.3, 0.4) is 0 Å². The van der Waals surface area contributed by atoms with Crippen molar-refractivity contribution >= 4 is 11.3 Å². The molecule has 0 fully saturated rings. The zero-order valence-electron chi connectivity index (χ0n) is 15.8. The number of rotatable bonds is 6. The lowest BCUT2D eigenvalue weighted by molar-refractivity contribution is -0.421. The molecule has 0 saturated carbocycles. The van der Waals surface area contributed by atoms with Crippen molar-refractivity contribution in [3.63, 3.8) is 0 Å². The zero-order valence-corrected chi connectivity index (χ0v) is 15.8. The molecular formula is C24H22N2O2. The first kappa shape index (κ1) is 18.0. The quantitative estimate of drug-likeness (QED) is 0.278. The first-order valence-electron chi connectivity index (χ1n) is 9.45. The van der Waals surface area contributed by atoms with Gasteiger partial charge in [0.05, 0.1) is 17.9 Å². The van der Waals surface area contributed by atoms with Gasteiger partial charge >= 0.3 is 0 Å². The summed E-state index contributed by atoms with van der Waals surface area (Å²) in [5, 5.41) is 12.1. The molecule has 0 aliphatic heterocycles. The Morgan fingerprint density at radius 3 is 2.54 bits per heavy atom. The van der Waals surface area contributed by atoms with Crippen molar-refractivity contribution in [2.24, 2.45) is 0 Å². The highest BCUT2D eigenvalue weighted by Crippen LogP contribution is 2.34. The van der Waals surface area contributed by atoms with Gasteiger partial charge in [-0.05, 0) is 54.3 Å². The van der Waals surface area contributed by atoms with E-state index in [1.54, 1.807) is 6.20 Å². The van der Waals surface area contributed by atoms with Crippen LogP contribution in [0.4, 0.5) is 0 Å². The predicted octanol–water partition coefficient (Wildman–Crippen LogP) is 4.47. The van der Waals surface area contributed by atoms with Crippen molar-refractivity contribution in [3.05, 3.63) is 107 Å². The second-order valence-corrected chi connectivity index (χ2v) is 6.80. The molecule has 3 aromatic rings. The highest BCUT2D eigenvalue weighted by atomic mass is 16.5. The van der Waals surface area contributed by atoms with Crippen molar-refractivity contribution in [2.45, 2.75) is 12.8 Å². The Balaban J connectivity index is 1.50. The van der Waals surface area contributed by atoms with Gasteiger partial charge in [-0.2, -0.15) is 0 Å². The molecule has 0 radical (unpaired) electrons. The lowest BCUT2D eigenvalue weighted by Gasteiger charge is -2.10. The molecule has 2 aromatic carbocycles. The highest BCUT2D eigenvalue weighted by Gasteiger charge is 2.26. The fourth-order valence-electron chi connectivity index (χ4n) is 3.46. The largest absolute Gasteiger partial charge is 0.624 e. The van der Waals surface area contributed by atoms with Crippen LogP contribution in [0.15, 0.2) is 79.0 Å². The van der Waals surface area contributed by atoms with Gasteiger partial charge in [-0.25, -0.2) is 4.74 Å². The smallest absolute Gasteiger partial charge is 0.219 e. The van der Waals surface area contributed by atoms with E-state index in [0.29, 0.717) is 12.3 Å². The van der Waals surface area contributed by atoms with Crippen LogP contribution in [0, 0.1) is 5.21 Å². The Kier molecular flexibility index (Phi) is 5.20. The summed E-state index contributed by atoms with van der Waals surface area (Å²) < 4.78 is 6.85. The molecule has 1 aliphatic carbocycles. The van der Waals surface area contributed by atoms with Crippen molar-refractivity contribution in [1.29, 1.82) is 0 Å². The molecule has 0 N–H and O–H groups in total. The molecule has 0 atom stereocenters. The van der Waals surface area contributed by atoms with Gasteiger partial charge in [-0.3, -0.25) is 4.98 Å². The molecule has 0 saturated heterocycles. The monoisotopic (exact) mass is 370 g/mol. The van der Waals surface area contributed by atoms with E-state index in [-0.39, 0.29) is 0 Å². The van der Waals surface area contributed by atoms with E-state index >= 15 is 0 Å². The van der Waals surface area contributed by atoms with Crippen LogP contribution in [0.5, 0.6) is 5.75 Å². The maximum atomic E-state index is 12.1. The number of nitrogens with zero attached hydrogens (tertiary/aromatic N) is 2. The van der Waals surface area contributed by atoms with Gasteiger partial charge in [0.2, 0.25) is 5.71 Å². The van der Waals surface area contributed by atoms with Crippen LogP contribution in [-0.4, -0.2) is 29.1 Å². The number of hydrogen-bond acceptors (Lipinski definition) is 3. The number of allylic oxidation sites excluding steroid dienone is 1. The molecule has 1 aliphatic rings. The summed E-state index contributed by atoms with van der Waals surface area (Å²) >= 11 is 0. The van der Waals surface area contributed by atoms with Crippen LogP contribution >= 0.6 is 0 Å². The van der Waals surface area contributed by atoms with E-state index in [4.69, 9.17) is 4.74 Å². The molecule has 0 spiro atoms. The van der Waals surface area contributed by atoms with E-state index in [9.17, 15) is 5.21 Å². The molecule has 4 heteroatoms. The molecule has 0 unspecified atom stereocenters. The number of hydrogen-bond donors (Lipinski definition) is 0. The third-order valence-electron chi connectivity index (χ3n) is 4.84. The molecule has 28 heavy (non-hydrogen) atoms. The maximum Gasteiger partial charge on any atom is 0.219 e. The first-order chi connectivity index (χ1) is 13.7. The number of benzene rings is 2. The standard InChI is InChI=1S/C24H22N2O2/c1-26(27)24-17-21(23-11-5-6-14-25-23)20-13-12-19(16-22(20)24)28-15-7-10-18-8-3-2-4-9-18/h2-6,8-9,11-14,16-17H,7,10,15H2,1H3. The van der Waals surface area contributed by atoms with Gasteiger partial charge in [0.25, 0.3) is 0 Å². The Labute approximate surface area is 165 Å². The van der Waals surface area contributed by atoms with Crippen molar-refractivity contribution in [1.82, 2.24) is 4.98 Å². The average Bonchev–Trinajstić information content (AvgIpc) is 3.12. The van der Waals surface area contributed by atoms with Gasteiger partial charge in [-0.1, -0.05) is 36.4 Å². The first-order valence-corrected chi connectivity index (χ1v) is 9.45. The minimum Gasteiger partial charge on any atom is -0.624 e. The number of hydroxylamine groups is 1. The van der Waals surface area contributed by atoms with Crippen molar-refractivity contribution in [3.8, 4) is 5.75 Å². The number of pyridine rings is 1. The van der Waals surface area contributed by atoms with Gasteiger partial charge < -0.3 is 9.94 Å². The molecule has 1 heterocycles. The van der Waals surface area contributed by atoms with Crippen LogP contribution in [0.2, 0.25) is 0 Å². The van der Waals surface area contributed by atoms with E-state index in [1.807, 2.05) is 48.5 Å². The number of ether oxygens (including phenoxy) is 1. The summed E-state index contributed by atoms with van der Waals surface area (Å²) in [6.45, 7) is 0.636. The van der Waals surface area contributed by atoms with Crippen LogP contribution < -0.4 is 4.74 Å². The fourth-order valence-corrected chi connectivity index (χ4v) is 3.46. The number of fused-ring (bicyclic) bond motifs is 1. The lowest BCUT2D eigenvalue weighted by Crippen LogP contribution is -2.09. The average molecular weight is 370 g/mol. The summed E-state index contributed by atoms with van der Waals surface area (Å²) in [5.41, 5.74) is 5.66. The molecular weight excluding hydrogens is 348 g/mol. The second-order valence-electron chi connectivity index (χ2n) is 6.80. The van der Waals surface area contributed by atoms with E-state index < -0.39 is 0 Å². The fraction of sp³-hybridized carbons (Fsp3) is 0.167. The summed E-state index contributed by atoms with van der Waals surface area (Å²) in [6, 6.07) is 22.1. The normalized spacial score (nSPS) is 14.4. The van der Waals surface area contributed by atoms with Gasteiger partial charge in [0.1, 0.15) is 12.8 Å². The SMILES string of the molecule is C[N+]([O-])=C1C=C(c2ccccn2)c2ccc(OCCCc3ccccc3)cc21. The van der Waals surface area contributed by atoms with E-state index in [1.165, 1.54) is 12.6 Å². The minimum atomic E-state index is 0.630. The summed E-state index contributed by atoms with van der Waals surface area (Å²) in [4.78, 5) is 4.43. The molecule has 140 valence electrons. The molecule has 4 nitrogen and oxygen atoms in total. The Bertz CT molecular complexity index is 1020. The topological polar surface area (TPSA) is 48.2 Å². The number of aromatic nitrogens is 1. The Morgan fingerprint density at radius 2 is 1.79 bits per heavy atom. The van der Waals surface area contributed by atoms with Crippen LogP contribution in [0.1, 0.15) is 28.8 Å². The third kappa shape index (κ3) is 3.81. The van der Waals surface area contributed by atoms with Crippen molar-refractivity contribution in [2.75, 3.05) is 13.7 Å². The highest BCUT2D eigenvalue weighted by molar-refractivity contribution is 6.19. The number of aryl methyl sites for hydroxylation is 1. The molecule has 0 amide bonds.